The molecule has 1 unspecified atom stereocenters. The molecule has 0 radical (unpaired) electrons. The maximum atomic E-state index is 14.7. The summed E-state index contributed by atoms with van der Waals surface area (Å²) in [7, 11) is -2.13. The molecule has 0 spiro atoms. The van der Waals surface area contributed by atoms with Crippen molar-refractivity contribution in [3.05, 3.63) is 12.7 Å². The van der Waals surface area contributed by atoms with Crippen LogP contribution in [0.1, 0.15) is 93.4 Å². The number of fused-ring (bicyclic) bond motifs is 1. The number of nitrogens with one attached hydrogen (secondary N) is 4. The number of Topliss-reactive ketones (excluding diaryl/α,β-unsaturated/α-hetero) is 1. The number of carbonyl (C=O) groups excluding carboxylic acids is 5. The molecule has 0 bridgehead atoms. The van der Waals surface area contributed by atoms with Crippen LogP contribution in [0.4, 0.5) is 18.0 Å². The van der Waals surface area contributed by atoms with E-state index in [-0.39, 0.29) is 37.2 Å². The molecule has 302 valence electrons. The first kappa shape index (κ1) is 44.2. The van der Waals surface area contributed by atoms with E-state index in [0.717, 1.165) is 19.3 Å². The van der Waals surface area contributed by atoms with Crippen LogP contribution in [0.3, 0.4) is 0 Å². The van der Waals surface area contributed by atoms with Crippen LogP contribution in [0, 0.1) is 28.1 Å². The highest BCUT2D eigenvalue weighted by Gasteiger charge is 2.70. The number of hydrogen-bond donors (Lipinski definition) is 4. The molecule has 4 N–H and O–H groups in total. The summed E-state index contributed by atoms with van der Waals surface area (Å²) >= 11 is 0. The predicted octanol–water partition coefficient (Wildman–Crippen LogP) is 3.50. The number of piperidine rings is 1. The van der Waals surface area contributed by atoms with Crippen molar-refractivity contribution < 1.29 is 45.6 Å². The molecule has 2 saturated carbocycles. The van der Waals surface area contributed by atoms with E-state index >= 15 is 0 Å². The second kappa shape index (κ2) is 16.7. The summed E-state index contributed by atoms with van der Waals surface area (Å²) in [6.07, 6.45) is -1.95. The number of likely N-dealkylation sites (tertiary alicyclic amines) is 1. The molecule has 6 atom stereocenters. The Kier molecular flexibility index (Phi) is 13.9. The van der Waals surface area contributed by atoms with Crippen LogP contribution in [-0.4, -0.2) is 110 Å². The van der Waals surface area contributed by atoms with Gasteiger partial charge in [0.15, 0.2) is 0 Å². The minimum atomic E-state index is -4.67. The fourth-order valence-corrected chi connectivity index (χ4v) is 8.68. The number of ketones is 1. The monoisotopic (exact) mass is 776 g/mol. The maximum absolute atomic E-state index is 14.7. The number of hydrogen-bond acceptors (Lipinski definition) is 7. The molecule has 2 aliphatic carbocycles. The van der Waals surface area contributed by atoms with Gasteiger partial charge in [0, 0.05) is 39.1 Å². The van der Waals surface area contributed by atoms with E-state index in [1.807, 2.05) is 41.5 Å². The van der Waals surface area contributed by atoms with Crippen molar-refractivity contribution in [2.24, 2.45) is 28.1 Å². The summed E-state index contributed by atoms with van der Waals surface area (Å²) < 4.78 is 66.1. The molecule has 3 fully saturated rings. The fourth-order valence-electron chi connectivity index (χ4n) is 7.86. The van der Waals surface area contributed by atoms with Crippen LogP contribution in [0.25, 0.3) is 0 Å². The van der Waals surface area contributed by atoms with Crippen LogP contribution >= 0.6 is 0 Å². The maximum Gasteiger partial charge on any atom is 0.389 e. The number of rotatable bonds is 16. The Morgan fingerprint density at radius 2 is 1.60 bits per heavy atom. The summed E-state index contributed by atoms with van der Waals surface area (Å²) in [4.78, 5) is 69.5. The number of likely N-dealkylation sites (N-methyl/N-ethyl adjacent to an activating group) is 1. The Hall–Kier alpha value is -3.21. The van der Waals surface area contributed by atoms with Crippen molar-refractivity contribution >= 4 is 39.6 Å². The van der Waals surface area contributed by atoms with Crippen molar-refractivity contribution in [1.29, 1.82) is 0 Å². The lowest BCUT2D eigenvalue weighted by atomic mass is 9.70. The zero-order valence-corrected chi connectivity index (χ0v) is 33.1. The van der Waals surface area contributed by atoms with Crippen LogP contribution in [0.5, 0.6) is 0 Å². The van der Waals surface area contributed by atoms with Crippen LogP contribution in [0.2, 0.25) is 0 Å². The number of nitrogens with zero attached hydrogens (tertiary/aromatic N) is 2. The fraction of sp³-hybridized carbons (Fsp3) is 0.806. The smallest absolute Gasteiger partial charge is 0.346 e. The molecule has 1 aliphatic heterocycles. The second-order valence-electron chi connectivity index (χ2n) is 16.8. The van der Waals surface area contributed by atoms with E-state index in [4.69, 9.17) is 0 Å². The quantitative estimate of drug-likeness (QED) is 0.137. The van der Waals surface area contributed by atoms with Crippen molar-refractivity contribution in [1.82, 2.24) is 30.5 Å². The standard InChI is InChI=1S/C36H59F3N6O7S/c1-10-19-40-30(48)27(46)23(15-18-36(37,38)39)41-29(47)26-25-22(34(25,6)7)20-45(26)31(49)28(35(8)16-13-12-14-17-35)43-32(50)42-24(33(3,4)5)21-44(9)53(51,52)11-2/h10,22-26,28H,1,11-21H2,2-9H3,(H,40,48)(H,41,47)(H2,42,43,50)/t22-,23?,24+,25-,26-,28+/m0/s1. The Bertz CT molecular complexity index is 1510. The molecule has 53 heavy (non-hydrogen) atoms. The summed E-state index contributed by atoms with van der Waals surface area (Å²) in [5, 5.41) is 10.4. The Balaban J connectivity index is 1.94. The molecule has 0 aromatic heterocycles. The van der Waals surface area contributed by atoms with E-state index in [1.54, 1.807) is 0 Å². The van der Waals surface area contributed by atoms with E-state index in [2.05, 4.69) is 27.8 Å². The lowest BCUT2D eigenvalue weighted by molar-refractivity contribution is -0.148. The number of carbonyl (C=O) groups is 5. The van der Waals surface area contributed by atoms with E-state index in [0.29, 0.717) is 12.8 Å². The SMILES string of the molecule is C=CCNC(=O)C(=O)C(CCC(F)(F)F)NC(=O)[C@@H]1[C@@H]2[C@H](CN1C(=O)[C@@H](NC(=O)N[C@H](CN(C)S(=O)(=O)CC)C(C)(C)C)C1(C)CCCCC1)C2(C)C. The molecule has 0 aromatic carbocycles. The first-order chi connectivity index (χ1) is 24.3. The Morgan fingerprint density at radius 3 is 2.13 bits per heavy atom. The number of alkyl halides is 3. The molecule has 5 amide bonds. The Morgan fingerprint density at radius 1 is 1.00 bits per heavy atom. The van der Waals surface area contributed by atoms with Gasteiger partial charge in [0.1, 0.15) is 12.1 Å². The van der Waals surface area contributed by atoms with Gasteiger partial charge in [0.05, 0.1) is 11.8 Å². The van der Waals surface area contributed by atoms with Gasteiger partial charge >= 0.3 is 12.2 Å². The van der Waals surface area contributed by atoms with Gasteiger partial charge in [-0.1, -0.05) is 66.9 Å². The number of halogens is 3. The Labute approximate surface area is 312 Å². The number of urea groups is 1. The van der Waals surface area contributed by atoms with Crippen molar-refractivity contribution in [3.8, 4) is 0 Å². The minimum absolute atomic E-state index is 0.0182. The molecule has 0 aromatic rings. The molecular formula is C36H59F3N6O7S. The number of sulfonamides is 1. The zero-order valence-electron chi connectivity index (χ0n) is 32.3. The van der Waals surface area contributed by atoms with E-state index in [9.17, 15) is 45.6 Å². The van der Waals surface area contributed by atoms with Gasteiger partial charge < -0.3 is 26.2 Å². The van der Waals surface area contributed by atoms with Gasteiger partial charge in [0.2, 0.25) is 27.6 Å². The second-order valence-corrected chi connectivity index (χ2v) is 19.2. The average Bonchev–Trinajstić information content (AvgIpc) is 3.37. The predicted molar refractivity (Wildman–Crippen MR) is 194 cm³/mol. The highest BCUT2D eigenvalue weighted by atomic mass is 32.2. The van der Waals surface area contributed by atoms with E-state index < -0.39 is 99.0 Å². The van der Waals surface area contributed by atoms with Gasteiger partial charge in [0.25, 0.3) is 5.91 Å². The highest BCUT2D eigenvalue weighted by molar-refractivity contribution is 7.89. The van der Waals surface area contributed by atoms with Crippen LogP contribution < -0.4 is 21.3 Å². The van der Waals surface area contributed by atoms with Gasteiger partial charge in [-0.25, -0.2) is 17.5 Å². The molecule has 13 nitrogen and oxygen atoms in total. The molecule has 3 aliphatic rings. The van der Waals surface area contributed by atoms with E-state index in [1.165, 1.54) is 29.3 Å². The lowest BCUT2D eigenvalue weighted by Crippen LogP contribution is -2.63. The van der Waals surface area contributed by atoms with Gasteiger partial charge in [-0.05, 0) is 54.3 Å². The zero-order chi connectivity index (χ0) is 40.3. The largest absolute Gasteiger partial charge is 0.389 e. The van der Waals surface area contributed by atoms with Gasteiger partial charge in [-0.3, -0.25) is 19.2 Å². The van der Waals surface area contributed by atoms with Crippen LogP contribution in [0.15, 0.2) is 12.7 Å². The lowest BCUT2D eigenvalue weighted by Gasteiger charge is -2.43. The van der Waals surface area contributed by atoms with Gasteiger partial charge in [-0.2, -0.15) is 13.2 Å². The van der Waals surface area contributed by atoms with Crippen molar-refractivity contribution in [3.63, 3.8) is 0 Å². The number of amides is 5. The molecule has 1 saturated heterocycles. The van der Waals surface area contributed by atoms with Crippen molar-refractivity contribution in [2.45, 2.75) is 124 Å². The molecule has 1 heterocycles. The molecule has 17 heteroatoms. The summed E-state index contributed by atoms with van der Waals surface area (Å²) in [6, 6.07) is -5.42. The van der Waals surface area contributed by atoms with Crippen LogP contribution in [-0.2, 0) is 29.2 Å². The minimum Gasteiger partial charge on any atom is -0.346 e. The first-order valence-corrected chi connectivity index (χ1v) is 20.0. The molecular weight excluding hydrogens is 717 g/mol. The third-order valence-electron chi connectivity index (χ3n) is 11.6. The third-order valence-corrected chi connectivity index (χ3v) is 13.4. The highest BCUT2D eigenvalue weighted by Crippen LogP contribution is 2.65. The normalized spacial score (nSPS) is 23.9. The van der Waals surface area contributed by atoms with Gasteiger partial charge in [-0.15, -0.1) is 6.58 Å². The third kappa shape index (κ3) is 10.7. The summed E-state index contributed by atoms with van der Waals surface area (Å²) in [6.45, 7) is 16.3. The average molecular weight is 777 g/mol. The molecule has 3 rings (SSSR count). The first-order valence-electron chi connectivity index (χ1n) is 18.4. The summed E-state index contributed by atoms with van der Waals surface area (Å²) in [5.41, 5.74) is -1.70. The summed E-state index contributed by atoms with van der Waals surface area (Å²) in [5.74, 6) is -4.43. The topological polar surface area (TPSA) is 174 Å². The van der Waals surface area contributed by atoms with Crippen molar-refractivity contribution in [2.75, 3.05) is 32.4 Å².